The average molecular weight is 297 g/mol. The summed E-state index contributed by atoms with van der Waals surface area (Å²) in [7, 11) is 0. The van der Waals surface area contributed by atoms with E-state index in [4.69, 9.17) is 11.6 Å². The third-order valence-electron chi connectivity index (χ3n) is 3.50. The quantitative estimate of drug-likeness (QED) is 0.774. The lowest BCUT2D eigenvalue weighted by Gasteiger charge is -2.19. The highest BCUT2D eigenvalue weighted by molar-refractivity contribution is 6.30. The first-order chi connectivity index (χ1) is 9.56. The molecule has 4 heteroatoms. The zero-order valence-corrected chi connectivity index (χ0v) is 13.3. The Hall–Kier alpha value is -1.06. The molecule has 1 aromatic carbocycles. The van der Waals surface area contributed by atoms with E-state index >= 15 is 0 Å². The minimum Gasteiger partial charge on any atom is -0.352 e. The Morgan fingerprint density at radius 2 is 1.80 bits per heavy atom. The average Bonchev–Trinajstić information content (AvgIpc) is 2.46. The van der Waals surface area contributed by atoms with Crippen LogP contribution in [-0.2, 0) is 11.2 Å². The van der Waals surface area contributed by atoms with Crippen molar-refractivity contribution in [2.45, 2.75) is 52.1 Å². The summed E-state index contributed by atoms with van der Waals surface area (Å²) >= 11 is 5.85. The molecule has 0 heterocycles. The van der Waals surface area contributed by atoms with E-state index in [1.807, 2.05) is 31.2 Å². The molecule has 0 fully saturated rings. The van der Waals surface area contributed by atoms with Crippen molar-refractivity contribution in [3.63, 3.8) is 0 Å². The summed E-state index contributed by atoms with van der Waals surface area (Å²) in [5.74, 6) is 0.0785. The molecular weight excluding hydrogens is 272 g/mol. The number of rotatable bonds is 8. The molecule has 0 saturated heterocycles. The van der Waals surface area contributed by atoms with Crippen molar-refractivity contribution in [3.8, 4) is 0 Å². The smallest absolute Gasteiger partial charge is 0.237 e. The van der Waals surface area contributed by atoms with Crippen LogP contribution in [0.1, 0.15) is 39.2 Å². The Labute approximate surface area is 127 Å². The summed E-state index contributed by atoms with van der Waals surface area (Å²) < 4.78 is 0. The van der Waals surface area contributed by atoms with Gasteiger partial charge in [0.25, 0.3) is 0 Å². The molecule has 1 unspecified atom stereocenters. The monoisotopic (exact) mass is 296 g/mol. The van der Waals surface area contributed by atoms with Gasteiger partial charge in [-0.15, -0.1) is 0 Å². The molecule has 2 N–H and O–H groups in total. The fourth-order valence-corrected chi connectivity index (χ4v) is 2.12. The van der Waals surface area contributed by atoms with Crippen molar-refractivity contribution in [1.29, 1.82) is 0 Å². The molecule has 0 bridgehead atoms. The summed E-state index contributed by atoms with van der Waals surface area (Å²) in [4.78, 5) is 12.0. The molecule has 0 radical (unpaired) electrons. The minimum absolute atomic E-state index is 0.0785. The predicted molar refractivity (Wildman–Crippen MR) is 85.1 cm³/mol. The molecule has 1 aromatic rings. The number of nitrogens with one attached hydrogen (secondary N) is 2. The Morgan fingerprint density at radius 1 is 1.20 bits per heavy atom. The molecule has 0 aliphatic heterocycles. The maximum Gasteiger partial charge on any atom is 0.237 e. The largest absolute Gasteiger partial charge is 0.352 e. The van der Waals surface area contributed by atoms with Crippen LogP contribution in [0.5, 0.6) is 0 Å². The first kappa shape index (κ1) is 17.0. The lowest BCUT2D eigenvalue weighted by atomic mass is 10.1. The zero-order chi connectivity index (χ0) is 15.0. The maximum absolute atomic E-state index is 12.0. The molecule has 1 amide bonds. The molecule has 0 saturated carbocycles. The lowest BCUT2D eigenvalue weighted by molar-refractivity contribution is -0.123. The van der Waals surface area contributed by atoms with Gasteiger partial charge in [0.1, 0.15) is 0 Å². The SMILES string of the molecule is CCC(CC)NC(=O)C(C)NCCc1ccc(Cl)cc1. The number of benzene rings is 1. The molecular formula is C16H25ClN2O. The van der Waals surface area contributed by atoms with Gasteiger partial charge in [-0.05, 0) is 50.4 Å². The highest BCUT2D eigenvalue weighted by Gasteiger charge is 2.14. The Kier molecular flexibility index (Phi) is 7.63. The van der Waals surface area contributed by atoms with Crippen LogP contribution < -0.4 is 10.6 Å². The molecule has 3 nitrogen and oxygen atoms in total. The molecule has 112 valence electrons. The van der Waals surface area contributed by atoms with Crippen molar-refractivity contribution in [2.75, 3.05) is 6.54 Å². The van der Waals surface area contributed by atoms with E-state index in [0.717, 1.165) is 30.8 Å². The summed E-state index contributed by atoms with van der Waals surface area (Å²) in [5.41, 5.74) is 1.22. The first-order valence-electron chi connectivity index (χ1n) is 7.35. The van der Waals surface area contributed by atoms with Crippen molar-refractivity contribution in [1.82, 2.24) is 10.6 Å². The van der Waals surface area contributed by atoms with Gasteiger partial charge in [-0.25, -0.2) is 0 Å². The fourth-order valence-electron chi connectivity index (χ4n) is 2.00. The molecule has 0 spiro atoms. The number of halogens is 1. The van der Waals surface area contributed by atoms with E-state index in [-0.39, 0.29) is 18.0 Å². The van der Waals surface area contributed by atoms with Crippen LogP contribution in [0.15, 0.2) is 24.3 Å². The van der Waals surface area contributed by atoms with Gasteiger partial charge in [0.05, 0.1) is 6.04 Å². The lowest BCUT2D eigenvalue weighted by Crippen LogP contribution is -2.46. The maximum atomic E-state index is 12.0. The summed E-state index contributed by atoms with van der Waals surface area (Å²) in [6.45, 7) is 6.86. The van der Waals surface area contributed by atoms with Crippen molar-refractivity contribution in [3.05, 3.63) is 34.9 Å². The van der Waals surface area contributed by atoms with Gasteiger partial charge in [-0.3, -0.25) is 4.79 Å². The van der Waals surface area contributed by atoms with Crippen molar-refractivity contribution < 1.29 is 4.79 Å². The van der Waals surface area contributed by atoms with Crippen LogP contribution in [0.25, 0.3) is 0 Å². The third-order valence-corrected chi connectivity index (χ3v) is 3.75. The topological polar surface area (TPSA) is 41.1 Å². The van der Waals surface area contributed by atoms with E-state index in [9.17, 15) is 4.79 Å². The van der Waals surface area contributed by atoms with Gasteiger partial charge >= 0.3 is 0 Å². The summed E-state index contributed by atoms with van der Waals surface area (Å²) in [5, 5.41) is 7.06. The van der Waals surface area contributed by atoms with Gasteiger partial charge in [0.15, 0.2) is 0 Å². The molecule has 1 rings (SSSR count). The van der Waals surface area contributed by atoms with Crippen molar-refractivity contribution >= 4 is 17.5 Å². The molecule has 1 atom stereocenters. The molecule has 0 aliphatic carbocycles. The Morgan fingerprint density at radius 3 is 2.35 bits per heavy atom. The second kappa shape index (κ2) is 8.98. The third kappa shape index (κ3) is 5.93. The van der Waals surface area contributed by atoms with Crippen LogP contribution in [0.4, 0.5) is 0 Å². The second-order valence-electron chi connectivity index (χ2n) is 5.07. The fraction of sp³-hybridized carbons (Fsp3) is 0.562. The van der Waals surface area contributed by atoms with Gasteiger partial charge in [-0.2, -0.15) is 0 Å². The van der Waals surface area contributed by atoms with Crippen LogP contribution in [0.3, 0.4) is 0 Å². The normalized spacial score (nSPS) is 12.4. The van der Waals surface area contributed by atoms with Crippen molar-refractivity contribution in [2.24, 2.45) is 0 Å². The highest BCUT2D eigenvalue weighted by Crippen LogP contribution is 2.09. The molecule has 20 heavy (non-hydrogen) atoms. The van der Waals surface area contributed by atoms with Crippen LogP contribution in [0.2, 0.25) is 5.02 Å². The molecule has 0 aromatic heterocycles. The number of hydrogen-bond donors (Lipinski definition) is 2. The minimum atomic E-state index is -0.164. The number of hydrogen-bond acceptors (Lipinski definition) is 2. The zero-order valence-electron chi connectivity index (χ0n) is 12.6. The van der Waals surface area contributed by atoms with Gasteiger partial charge in [-0.1, -0.05) is 37.6 Å². The van der Waals surface area contributed by atoms with E-state index in [0.29, 0.717) is 0 Å². The second-order valence-corrected chi connectivity index (χ2v) is 5.51. The van der Waals surface area contributed by atoms with E-state index in [2.05, 4.69) is 24.5 Å². The number of carbonyl (C=O) groups is 1. The highest BCUT2D eigenvalue weighted by atomic mass is 35.5. The summed E-state index contributed by atoms with van der Waals surface area (Å²) in [6, 6.07) is 7.92. The van der Waals surface area contributed by atoms with Gasteiger partial charge in [0, 0.05) is 11.1 Å². The first-order valence-corrected chi connectivity index (χ1v) is 7.72. The van der Waals surface area contributed by atoms with Gasteiger partial charge in [0.2, 0.25) is 5.91 Å². The van der Waals surface area contributed by atoms with Crippen LogP contribution in [0, 0.1) is 0 Å². The van der Waals surface area contributed by atoms with E-state index in [1.54, 1.807) is 0 Å². The van der Waals surface area contributed by atoms with E-state index in [1.165, 1.54) is 5.56 Å². The number of carbonyl (C=O) groups excluding carboxylic acids is 1. The molecule has 0 aliphatic rings. The van der Waals surface area contributed by atoms with Crippen LogP contribution >= 0.6 is 11.6 Å². The Bertz CT molecular complexity index is 401. The summed E-state index contributed by atoms with van der Waals surface area (Å²) in [6.07, 6.45) is 2.83. The Balaban J connectivity index is 2.30. The van der Waals surface area contributed by atoms with Gasteiger partial charge < -0.3 is 10.6 Å². The standard InChI is InChI=1S/C16H25ClN2O/c1-4-15(5-2)19-16(20)12(3)18-11-10-13-6-8-14(17)9-7-13/h6-9,12,15,18H,4-5,10-11H2,1-3H3,(H,19,20). The van der Waals surface area contributed by atoms with E-state index < -0.39 is 0 Å². The number of amides is 1. The predicted octanol–water partition coefficient (Wildman–Crippen LogP) is 3.17. The van der Waals surface area contributed by atoms with Crippen LogP contribution in [-0.4, -0.2) is 24.5 Å².